The lowest BCUT2D eigenvalue weighted by Crippen LogP contribution is -2.43. The molecule has 0 saturated heterocycles. The maximum Gasteiger partial charge on any atom is 0.161 e. The number of ether oxygens (including phenoxy) is 2. The average molecular weight is 281 g/mol. The van der Waals surface area contributed by atoms with Crippen LogP contribution in [-0.4, -0.2) is 37.5 Å². The highest BCUT2D eigenvalue weighted by Crippen LogP contribution is 2.26. The smallest absolute Gasteiger partial charge is 0.161 e. The lowest BCUT2D eigenvalue weighted by atomic mass is 9.96. The molecule has 0 radical (unpaired) electrons. The van der Waals surface area contributed by atoms with Gasteiger partial charge < -0.3 is 19.9 Å². The highest BCUT2D eigenvalue weighted by Gasteiger charge is 2.19. The van der Waals surface area contributed by atoms with Crippen LogP contribution < -0.4 is 14.8 Å². The van der Waals surface area contributed by atoms with E-state index in [1.165, 1.54) is 0 Å². The summed E-state index contributed by atoms with van der Waals surface area (Å²) in [6, 6.07) is 7.73. The Morgan fingerprint density at radius 1 is 1.15 bits per heavy atom. The molecule has 0 aromatic heterocycles. The van der Waals surface area contributed by atoms with Gasteiger partial charge >= 0.3 is 0 Å². The number of rotatable bonds is 10. The summed E-state index contributed by atoms with van der Waals surface area (Å²) in [7, 11) is 1.88. The van der Waals surface area contributed by atoms with Crippen LogP contribution in [0.2, 0.25) is 0 Å². The Morgan fingerprint density at radius 2 is 1.80 bits per heavy atom. The number of aliphatic hydroxyl groups excluding tert-OH is 1. The lowest BCUT2D eigenvalue weighted by Gasteiger charge is -2.26. The molecular weight excluding hydrogens is 254 g/mol. The molecule has 0 bridgehead atoms. The van der Waals surface area contributed by atoms with Gasteiger partial charge in [-0.05, 0) is 52.3 Å². The summed E-state index contributed by atoms with van der Waals surface area (Å²) in [5.74, 6) is 1.60. The number of aliphatic hydroxyl groups is 1. The molecule has 0 aliphatic heterocycles. The topological polar surface area (TPSA) is 50.7 Å². The predicted molar refractivity (Wildman–Crippen MR) is 81.5 cm³/mol. The summed E-state index contributed by atoms with van der Waals surface area (Å²) in [5.41, 5.74) is -0.191. The molecule has 4 nitrogen and oxygen atoms in total. The molecule has 0 aliphatic rings. The number of benzene rings is 1. The molecule has 20 heavy (non-hydrogen) atoms. The van der Waals surface area contributed by atoms with Gasteiger partial charge in [0.05, 0.1) is 19.8 Å². The molecule has 2 N–H and O–H groups in total. The van der Waals surface area contributed by atoms with E-state index >= 15 is 0 Å². The monoisotopic (exact) mass is 281 g/mol. The fraction of sp³-hybridized carbons (Fsp3) is 0.625. The summed E-state index contributed by atoms with van der Waals surface area (Å²) < 4.78 is 11.3. The zero-order valence-electron chi connectivity index (χ0n) is 12.8. The first kappa shape index (κ1) is 16.8. The van der Waals surface area contributed by atoms with Crippen LogP contribution in [0.5, 0.6) is 11.5 Å². The van der Waals surface area contributed by atoms with E-state index in [0.29, 0.717) is 13.2 Å². The Bertz CT molecular complexity index is 378. The van der Waals surface area contributed by atoms with Gasteiger partial charge in [-0.3, -0.25) is 0 Å². The third-order valence-electron chi connectivity index (χ3n) is 3.48. The fourth-order valence-electron chi connectivity index (χ4n) is 1.93. The van der Waals surface area contributed by atoms with Crippen molar-refractivity contribution in [2.24, 2.45) is 0 Å². The number of hydrogen-bond acceptors (Lipinski definition) is 4. The van der Waals surface area contributed by atoms with Gasteiger partial charge in [-0.2, -0.15) is 0 Å². The Kier molecular flexibility index (Phi) is 7.41. The number of hydrogen-bond donors (Lipinski definition) is 2. The van der Waals surface area contributed by atoms with E-state index in [-0.39, 0.29) is 12.1 Å². The first-order valence-electron chi connectivity index (χ1n) is 7.29. The van der Waals surface area contributed by atoms with Crippen LogP contribution in [0.3, 0.4) is 0 Å². The quantitative estimate of drug-likeness (QED) is 0.647. The third kappa shape index (κ3) is 5.39. The van der Waals surface area contributed by atoms with Crippen molar-refractivity contribution in [3.05, 3.63) is 24.3 Å². The number of nitrogens with one attached hydrogen (secondary N) is 1. The Balaban J connectivity index is 2.31. The second kappa shape index (κ2) is 8.82. The summed E-state index contributed by atoms with van der Waals surface area (Å²) in [6.45, 7) is 5.44. The molecule has 1 atom stereocenters. The molecule has 1 unspecified atom stereocenters. The number of likely N-dealkylation sites (N-methyl/N-ethyl adjacent to an activating group) is 1. The molecule has 114 valence electrons. The first-order chi connectivity index (χ1) is 9.65. The van der Waals surface area contributed by atoms with Crippen molar-refractivity contribution in [2.75, 3.05) is 26.9 Å². The zero-order chi connectivity index (χ0) is 14.8. The van der Waals surface area contributed by atoms with E-state index in [9.17, 15) is 5.11 Å². The van der Waals surface area contributed by atoms with E-state index in [0.717, 1.165) is 30.8 Å². The summed E-state index contributed by atoms with van der Waals surface area (Å²) in [6.07, 6.45) is 2.89. The minimum atomic E-state index is -0.191. The van der Waals surface area contributed by atoms with Crippen LogP contribution in [-0.2, 0) is 0 Å². The minimum absolute atomic E-state index is 0.150. The number of para-hydroxylation sites is 2. The van der Waals surface area contributed by atoms with E-state index < -0.39 is 0 Å². The van der Waals surface area contributed by atoms with Gasteiger partial charge in [0.15, 0.2) is 11.5 Å². The molecule has 1 aromatic carbocycles. The summed E-state index contributed by atoms with van der Waals surface area (Å²) in [4.78, 5) is 0. The molecule has 0 aliphatic carbocycles. The van der Waals surface area contributed by atoms with E-state index in [4.69, 9.17) is 9.47 Å². The van der Waals surface area contributed by atoms with Gasteiger partial charge in [-0.15, -0.1) is 0 Å². The van der Waals surface area contributed by atoms with Gasteiger partial charge in [0.2, 0.25) is 0 Å². The van der Waals surface area contributed by atoms with Crippen LogP contribution in [0.25, 0.3) is 0 Å². The molecule has 1 rings (SSSR count). The van der Waals surface area contributed by atoms with Crippen molar-refractivity contribution < 1.29 is 14.6 Å². The molecule has 0 saturated carbocycles. The maximum absolute atomic E-state index is 9.30. The molecule has 0 spiro atoms. The zero-order valence-corrected chi connectivity index (χ0v) is 12.8. The van der Waals surface area contributed by atoms with Crippen molar-refractivity contribution in [3.8, 4) is 11.5 Å². The van der Waals surface area contributed by atoms with Crippen molar-refractivity contribution in [1.29, 1.82) is 0 Å². The molecule has 4 heteroatoms. The van der Waals surface area contributed by atoms with Gasteiger partial charge in [-0.1, -0.05) is 12.1 Å². The molecule has 0 fully saturated rings. The highest BCUT2D eigenvalue weighted by atomic mass is 16.5. The number of unbranched alkanes of at least 4 members (excludes halogenated alkanes) is 1. The maximum atomic E-state index is 9.30. The van der Waals surface area contributed by atoms with Crippen molar-refractivity contribution in [2.45, 2.75) is 38.6 Å². The van der Waals surface area contributed by atoms with E-state index in [1.54, 1.807) is 0 Å². The SMILES string of the molecule is CCOc1ccccc1OCCCCC(C)(CO)NC. The second-order valence-electron chi connectivity index (χ2n) is 5.15. The van der Waals surface area contributed by atoms with Crippen LogP contribution in [0.15, 0.2) is 24.3 Å². The van der Waals surface area contributed by atoms with Crippen molar-refractivity contribution >= 4 is 0 Å². The van der Waals surface area contributed by atoms with E-state index in [1.807, 2.05) is 45.2 Å². The molecule has 0 heterocycles. The Hall–Kier alpha value is -1.26. The molecular formula is C16H27NO3. The van der Waals surface area contributed by atoms with Crippen LogP contribution >= 0.6 is 0 Å². The van der Waals surface area contributed by atoms with Gasteiger partial charge in [-0.25, -0.2) is 0 Å². The third-order valence-corrected chi connectivity index (χ3v) is 3.48. The normalized spacial score (nSPS) is 13.8. The summed E-state index contributed by atoms with van der Waals surface area (Å²) in [5, 5.41) is 12.5. The largest absolute Gasteiger partial charge is 0.490 e. The first-order valence-corrected chi connectivity index (χ1v) is 7.29. The standard InChI is InChI=1S/C16H27NO3/c1-4-19-14-9-5-6-10-15(14)20-12-8-7-11-16(2,13-18)17-3/h5-6,9-10,17-18H,4,7-8,11-13H2,1-3H3. The lowest BCUT2D eigenvalue weighted by molar-refractivity contribution is 0.168. The fourth-order valence-corrected chi connectivity index (χ4v) is 1.93. The average Bonchev–Trinajstić information content (AvgIpc) is 2.48. The molecule has 1 aromatic rings. The minimum Gasteiger partial charge on any atom is -0.490 e. The Labute approximate surface area is 122 Å². The van der Waals surface area contributed by atoms with Gasteiger partial charge in [0.1, 0.15) is 0 Å². The highest BCUT2D eigenvalue weighted by molar-refractivity contribution is 5.39. The summed E-state index contributed by atoms with van der Waals surface area (Å²) >= 11 is 0. The van der Waals surface area contributed by atoms with Crippen LogP contribution in [0, 0.1) is 0 Å². The Morgan fingerprint density at radius 3 is 2.35 bits per heavy atom. The second-order valence-corrected chi connectivity index (χ2v) is 5.15. The van der Waals surface area contributed by atoms with Crippen LogP contribution in [0.1, 0.15) is 33.1 Å². The van der Waals surface area contributed by atoms with Crippen LogP contribution in [0.4, 0.5) is 0 Å². The predicted octanol–water partition coefficient (Wildman–Crippen LogP) is 2.60. The van der Waals surface area contributed by atoms with Gasteiger partial charge in [0, 0.05) is 5.54 Å². The van der Waals surface area contributed by atoms with Crippen molar-refractivity contribution in [1.82, 2.24) is 5.32 Å². The molecule has 0 amide bonds. The van der Waals surface area contributed by atoms with E-state index in [2.05, 4.69) is 5.32 Å². The van der Waals surface area contributed by atoms with Crippen molar-refractivity contribution in [3.63, 3.8) is 0 Å². The van der Waals surface area contributed by atoms with Gasteiger partial charge in [0.25, 0.3) is 0 Å².